The van der Waals surface area contributed by atoms with Gasteiger partial charge in [0.25, 0.3) is 15.9 Å². The van der Waals surface area contributed by atoms with Crippen LogP contribution in [0.2, 0.25) is 0 Å². The number of hydrogen-bond donors (Lipinski definition) is 2. The van der Waals surface area contributed by atoms with Crippen LogP contribution in [0.4, 0.5) is 5.69 Å². The Hall–Kier alpha value is -1.75. The van der Waals surface area contributed by atoms with Crippen molar-refractivity contribution in [2.45, 2.75) is 11.1 Å². The van der Waals surface area contributed by atoms with Crippen LogP contribution in [0.15, 0.2) is 44.4 Å². The molecule has 1 heterocycles. The number of rotatable bonds is 7. The Kier molecular flexibility index (Phi) is 6.71. The number of benzene rings is 1. The van der Waals surface area contributed by atoms with Crippen molar-refractivity contribution >= 4 is 54.9 Å². The zero-order chi connectivity index (χ0) is 18.4. The van der Waals surface area contributed by atoms with Crippen molar-refractivity contribution < 1.29 is 22.7 Å². The van der Waals surface area contributed by atoms with Crippen LogP contribution in [0.5, 0.6) is 0 Å². The SMILES string of the molecule is Cc1cc(Br)ccc1NC(=O)COC(=O)CNS(=O)(=O)c1cccs1. The number of nitrogens with one attached hydrogen (secondary N) is 2. The maximum atomic E-state index is 11.9. The van der Waals surface area contributed by atoms with E-state index in [2.05, 4.69) is 26.0 Å². The lowest BCUT2D eigenvalue weighted by molar-refractivity contribution is -0.146. The number of thiophene rings is 1. The number of amides is 1. The molecule has 2 aromatic rings. The summed E-state index contributed by atoms with van der Waals surface area (Å²) in [7, 11) is -3.75. The second kappa shape index (κ2) is 8.56. The number of sulfonamides is 1. The summed E-state index contributed by atoms with van der Waals surface area (Å²) < 4.78 is 31.6. The van der Waals surface area contributed by atoms with Gasteiger partial charge in [-0.2, -0.15) is 4.72 Å². The fourth-order valence-electron chi connectivity index (χ4n) is 1.79. The topological polar surface area (TPSA) is 102 Å². The van der Waals surface area contributed by atoms with Crippen LogP contribution >= 0.6 is 27.3 Å². The average Bonchev–Trinajstić information content (AvgIpc) is 3.09. The van der Waals surface area contributed by atoms with Crippen molar-refractivity contribution in [3.63, 3.8) is 0 Å². The van der Waals surface area contributed by atoms with E-state index in [1.807, 2.05) is 13.0 Å². The Morgan fingerprint density at radius 3 is 2.68 bits per heavy atom. The first-order chi connectivity index (χ1) is 11.8. The van der Waals surface area contributed by atoms with Crippen molar-refractivity contribution in [1.82, 2.24) is 4.72 Å². The summed E-state index contributed by atoms with van der Waals surface area (Å²) in [4.78, 5) is 23.4. The smallest absolute Gasteiger partial charge is 0.321 e. The molecule has 1 aromatic heterocycles. The zero-order valence-electron chi connectivity index (χ0n) is 13.1. The van der Waals surface area contributed by atoms with Gasteiger partial charge in [0, 0.05) is 10.2 Å². The van der Waals surface area contributed by atoms with Gasteiger partial charge in [-0.3, -0.25) is 9.59 Å². The van der Waals surface area contributed by atoms with Gasteiger partial charge in [0.1, 0.15) is 10.8 Å². The predicted octanol–water partition coefficient (Wildman–Crippen LogP) is 2.28. The van der Waals surface area contributed by atoms with Crippen LogP contribution in [0.1, 0.15) is 5.56 Å². The quantitative estimate of drug-likeness (QED) is 0.635. The summed E-state index contributed by atoms with van der Waals surface area (Å²) in [6.07, 6.45) is 0. The van der Waals surface area contributed by atoms with Gasteiger partial charge in [-0.1, -0.05) is 22.0 Å². The molecule has 0 aliphatic carbocycles. The largest absolute Gasteiger partial charge is 0.455 e. The van der Waals surface area contributed by atoms with Crippen molar-refractivity contribution in [2.24, 2.45) is 0 Å². The van der Waals surface area contributed by atoms with Crippen LogP contribution in [-0.2, 0) is 24.3 Å². The molecule has 10 heteroatoms. The Morgan fingerprint density at radius 1 is 1.28 bits per heavy atom. The average molecular weight is 447 g/mol. The van der Waals surface area contributed by atoms with Crippen LogP contribution in [0, 0.1) is 6.92 Å². The molecule has 0 aliphatic rings. The molecule has 1 aromatic carbocycles. The third kappa shape index (κ3) is 5.92. The molecule has 134 valence electrons. The minimum absolute atomic E-state index is 0.101. The molecular weight excluding hydrogens is 432 g/mol. The molecule has 0 bridgehead atoms. The van der Waals surface area contributed by atoms with E-state index in [1.54, 1.807) is 23.6 Å². The summed E-state index contributed by atoms with van der Waals surface area (Å²) in [5.41, 5.74) is 1.44. The predicted molar refractivity (Wildman–Crippen MR) is 98.0 cm³/mol. The van der Waals surface area contributed by atoms with Gasteiger partial charge in [0.2, 0.25) is 0 Å². The number of halogens is 1. The second-order valence-corrected chi connectivity index (χ2v) is 8.78. The maximum Gasteiger partial charge on any atom is 0.321 e. The number of carbonyl (C=O) groups excluding carboxylic acids is 2. The van der Waals surface area contributed by atoms with E-state index < -0.39 is 35.1 Å². The van der Waals surface area contributed by atoms with Crippen molar-refractivity contribution in [2.75, 3.05) is 18.5 Å². The normalized spacial score (nSPS) is 11.1. The van der Waals surface area contributed by atoms with Crippen molar-refractivity contribution in [1.29, 1.82) is 0 Å². The summed E-state index contributed by atoms with van der Waals surface area (Å²) in [5, 5.41) is 4.23. The van der Waals surface area contributed by atoms with Gasteiger partial charge in [-0.05, 0) is 42.1 Å². The number of esters is 1. The third-order valence-corrected chi connectivity index (χ3v) is 6.29. The summed E-state index contributed by atoms with van der Waals surface area (Å²) in [5.74, 6) is -1.36. The Morgan fingerprint density at radius 2 is 2.04 bits per heavy atom. The maximum absolute atomic E-state index is 11.9. The van der Waals surface area contributed by atoms with Gasteiger partial charge >= 0.3 is 5.97 Å². The van der Waals surface area contributed by atoms with Gasteiger partial charge in [0.05, 0.1) is 0 Å². The lowest BCUT2D eigenvalue weighted by Crippen LogP contribution is -2.32. The molecule has 25 heavy (non-hydrogen) atoms. The molecule has 1 amide bonds. The van der Waals surface area contributed by atoms with E-state index in [9.17, 15) is 18.0 Å². The molecule has 0 fully saturated rings. The van der Waals surface area contributed by atoms with Gasteiger partial charge < -0.3 is 10.1 Å². The Balaban J connectivity index is 1.79. The number of hydrogen-bond acceptors (Lipinski definition) is 6. The van der Waals surface area contributed by atoms with Gasteiger partial charge in [-0.25, -0.2) is 8.42 Å². The standard InChI is InChI=1S/C15H15BrN2O5S2/c1-10-7-11(16)4-5-12(10)18-13(19)9-23-14(20)8-17-25(21,22)15-3-2-6-24-15/h2-7,17H,8-9H2,1H3,(H,18,19). The number of ether oxygens (including phenoxy) is 1. The summed E-state index contributed by atoms with van der Waals surface area (Å²) in [6.45, 7) is 0.769. The molecule has 2 N–H and O–H groups in total. The highest BCUT2D eigenvalue weighted by molar-refractivity contribution is 9.10. The molecule has 0 saturated carbocycles. The molecular formula is C15H15BrN2O5S2. The first-order valence-electron chi connectivity index (χ1n) is 7.03. The number of anilines is 1. The van der Waals surface area contributed by atoms with Gasteiger partial charge in [-0.15, -0.1) is 11.3 Å². The van der Waals surface area contributed by atoms with E-state index in [0.717, 1.165) is 21.4 Å². The van der Waals surface area contributed by atoms with Crippen LogP contribution in [-0.4, -0.2) is 33.4 Å². The van der Waals surface area contributed by atoms with Gasteiger partial charge in [0.15, 0.2) is 6.61 Å². The minimum Gasteiger partial charge on any atom is -0.455 e. The fraction of sp³-hybridized carbons (Fsp3) is 0.200. The zero-order valence-corrected chi connectivity index (χ0v) is 16.3. The number of aryl methyl sites for hydroxylation is 1. The van der Waals surface area contributed by atoms with E-state index in [0.29, 0.717) is 5.69 Å². The van der Waals surface area contributed by atoms with Crippen LogP contribution in [0.3, 0.4) is 0 Å². The summed E-state index contributed by atoms with van der Waals surface area (Å²) in [6, 6.07) is 8.33. The Labute approximate surface area is 157 Å². The first kappa shape index (κ1) is 19.6. The molecule has 0 radical (unpaired) electrons. The van der Waals surface area contributed by atoms with E-state index in [4.69, 9.17) is 4.74 Å². The lowest BCUT2D eigenvalue weighted by atomic mass is 10.2. The van der Waals surface area contributed by atoms with Crippen molar-refractivity contribution in [3.05, 3.63) is 45.7 Å². The third-order valence-electron chi connectivity index (χ3n) is 2.99. The molecule has 0 aliphatic heterocycles. The first-order valence-corrected chi connectivity index (χ1v) is 10.2. The second-order valence-electron chi connectivity index (χ2n) is 4.92. The molecule has 2 rings (SSSR count). The minimum atomic E-state index is -3.75. The van der Waals surface area contributed by atoms with E-state index >= 15 is 0 Å². The summed E-state index contributed by atoms with van der Waals surface area (Å²) >= 11 is 4.36. The van der Waals surface area contributed by atoms with Crippen LogP contribution < -0.4 is 10.0 Å². The molecule has 0 unspecified atom stereocenters. The lowest BCUT2D eigenvalue weighted by Gasteiger charge is -2.09. The van der Waals surface area contributed by atoms with Crippen LogP contribution in [0.25, 0.3) is 0 Å². The fourth-order valence-corrected chi connectivity index (χ4v) is 4.27. The molecule has 7 nitrogen and oxygen atoms in total. The monoisotopic (exact) mass is 446 g/mol. The van der Waals surface area contributed by atoms with Crippen molar-refractivity contribution in [3.8, 4) is 0 Å². The van der Waals surface area contributed by atoms with E-state index in [1.165, 1.54) is 6.07 Å². The van der Waals surface area contributed by atoms with E-state index in [-0.39, 0.29) is 4.21 Å². The highest BCUT2D eigenvalue weighted by Crippen LogP contribution is 2.19. The highest BCUT2D eigenvalue weighted by Gasteiger charge is 2.17. The molecule has 0 spiro atoms. The Bertz CT molecular complexity index is 866. The molecule has 0 atom stereocenters. The highest BCUT2D eigenvalue weighted by atomic mass is 79.9. The number of carbonyl (C=O) groups is 2. The molecule has 0 saturated heterocycles.